The summed E-state index contributed by atoms with van der Waals surface area (Å²) in [6.07, 6.45) is 2.48. The van der Waals surface area contributed by atoms with Crippen LogP contribution in [0.5, 0.6) is 11.5 Å². The maximum Gasteiger partial charge on any atom is 0.217 e. The maximum atomic E-state index is 10.8. The van der Waals surface area contributed by atoms with Gasteiger partial charge in [-0.25, -0.2) is 0 Å². The second kappa shape index (κ2) is 4.52. The number of ether oxygens (including phenoxy) is 2. The van der Waals surface area contributed by atoms with E-state index in [-0.39, 0.29) is 5.91 Å². The van der Waals surface area contributed by atoms with Crippen molar-refractivity contribution in [1.82, 2.24) is 0 Å². The predicted octanol–water partition coefficient (Wildman–Crippen LogP) is 1.83. The van der Waals surface area contributed by atoms with Gasteiger partial charge in [0, 0.05) is 12.0 Å². The highest BCUT2D eigenvalue weighted by molar-refractivity contribution is 5.73. The van der Waals surface area contributed by atoms with Crippen LogP contribution in [0.2, 0.25) is 0 Å². The third-order valence-electron chi connectivity index (χ3n) is 3.68. The van der Waals surface area contributed by atoms with Crippen LogP contribution in [-0.2, 0) is 4.79 Å². The van der Waals surface area contributed by atoms with Crippen molar-refractivity contribution in [3.05, 3.63) is 23.8 Å². The van der Waals surface area contributed by atoms with Gasteiger partial charge in [0.2, 0.25) is 5.91 Å². The summed E-state index contributed by atoms with van der Waals surface area (Å²) in [5, 5.41) is 0. The molecule has 0 bridgehead atoms. The van der Waals surface area contributed by atoms with Crippen LogP contribution in [-0.4, -0.2) is 19.1 Å². The van der Waals surface area contributed by atoms with Crippen molar-refractivity contribution in [2.24, 2.45) is 11.7 Å². The average Bonchev–Trinajstić information content (AvgIpc) is 3.15. The second-order valence-electron chi connectivity index (χ2n) is 4.98. The van der Waals surface area contributed by atoms with Crippen molar-refractivity contribution < 1.29 is 14.3 Å². The van der Waals surface area contributed by atoms with E-state index >= 15 is 0 Å². The fourth-order valence-electron chi connectivity index (χ4n) is 2.66. The second-order valence-corrected chi connectivity index (χ2v) is 4.98. The molecule has 96 valence electrons. The molecule has 3 rings (SSSR count). The van der Waals surface area contributed by atoms with Gasteiger partial charge in [-0.05, 0) is 30.7 Å². The Kier molecular flexibility index (Phi) is 2.86. The summed E-state index contributed by atoms with van der Waals surface area (Å²) in [5.41, 5.74) is 6.40. The van der Waals surface area contributed by atoms with Gasteiger partial charge in [-0.15, -0.1) is 0 Å². The largest absolute Gasteiger partial charge is 0.486 e. The normalized spacial score (nSPS) is 24.7. The Hall–Kier alpha value is -1.71. The molecule has 0 saturated heterocycles. The minimum Gasteiger partial charge on any atom is -0.486 e. The number of hydrogen-bond donors (Lipinski definition) is 1. The van der Waals surface area contributed by atoms with Crippen LogP contribution < -0.4 is 15.2 Å². The number of carbonyl (C=O) groups is 1. The third-order valence-corrected chi connectivity index (χ3v) is 3.68. The van der Waals surface area contributed by atoms with Crippen LogP contribution >= 0.6 is 0 Å². The molecular weight excluding hydrogens is 230 g/mol. The van der Waals surface area contributed by atoms with Crippen molar-refractivity contribution in [2.75, 3.05) is 13.2 Å². The van der Waals surface area contributed by atoms with E-state index in [1.54, 1.807) is 0 Å². The number of fused-ring (bicyclic) bond motifs is 1. The first-order valence-electron chi connectivity index (χ1n) is 6.42. The van der Waals surface area contributed by atoms with Gasteiger partial charge in [0.1, 0.15) is 13.2 Å². The zero-order valence-electron chi connectivity index (χ0n) is 10.2. The number of primary amides is 1. The molecule has 2 N–H and O–H groups in total. The summed E-state index contributed by atoms with van der Waals surface area (Å²) in [6, 6.07) is 6.05. The Labute approximate surface area is 106 Å². The van der Waals surface area contributed by atoms with Gasteiger partial charge in [-0.1, -0.05) is 12.1 Å². The minimum absolute atomic E-state index is 0.213. The van der Waals surface area contributed by atoms with E-state index in [0.29, 0.717) is 31.5 Å². The Balaban J connectivity index is 1.72. The van der Waals surface area contributed by atoms with Crippen molar-refractivity contribution in [3.63, 3.8) is 0 Å². The highest BCUT2D eigenvalue weighted by Crippen LogP contribution is 2.54. The van der Waals surface area contributed by atoms with Crippen LogP contribution in [0, 0.1) is 5.92 Å². The van der Waals surface area contributed by atoms with Gasteiger partial charge >= 0.3 is 0 Å². The summed E-state index contributed by atoms with van der Waals surface area (Å²) in [6.45, 7) is 1.23. The molecular formula is C14H17NO3. The summed E-state index contributed by atoms with van der Waals surface area (Å²) in [7, 11) is 0. The summed E-state index contributed by atoms with van der Waals surface area (Å²) in [4.78, 5) is 10.8. The first kappa shape index (κ1) is 11.4. The number of rotatable bonds is 4. The van der Waals surface area contributed by atoms with Gasteiger partial charge in [0.05, 0.1) is 0 Å². The number of hydrogen-bond acceptors (Lipinski definition) is 3. The van der Waals surface area contributed by atoms with Crippen molar-refractivity contribution in [1.29, 1.82) is 0 Å². The van der Waals surface area contributed by atoms with Crippen LogP contribution in [0.25, 0.3) is 0 Å². The smallest absolute Gasteiger partial charge is 0.217 e. The third kappa shape index (κ3) is 2.15. The van der Waals surface area contributed by atoms with E-state index in [4.69, 9.17) is 15.2 Å². The molecule has 0 aromatic heterocycles. The fraction of sp³-hybridized carbons (Fsp3) is 0.500. The van der Waals surface area contributed by atoms with E-state index in [1.807, 2.05) is 12.1 Å². The average molecular weight is 247 g/mol. The molecule has 18 heavy (non-hydrogen) atoms. The fourth-order valence-corrected chi connectivity index (χ4v) is 2.66. The summed E-state index contributed by atoms with van der Waals surface area (Å²) >= 11 is 0. The maximum absolute atomic E-state index is 10.8. The van der Waals surface area contributed by atoms with Crippen molar-refractivity contribution in [3.8, 4) is 11.5 Å². The Morgan fingerprint density at radius 1 is 1.33 bits per heavy atom. The summed E-state index contributed by atoms with van der Waals surface area (Å²) in [5.74, 6) is 2.60. The number of para-hydroxylation sites is 1. The van der Waals surface area contributed by atoms with Crippen molar-refractivity contribution >= 4 is 5.91 Å². The van der Waals surface area contributed by atoms with E-state index < -0.39 is 0 Å². The number of amides is 1. The van der Waals surface area contributed by atoms with Crippen LogP contribution in [0.3, 0.4) is 0 Å². The lowest BCUT2D eigenvalue weighted by atomic mass is 10.0. The molecule has 1 fully saturated rings. The van der Waals surface area contributed by atoms with Crippen LogP contribution in [0.15, 0.2) is 18.2 Å². The lowest BCUT2D eigenvalue weighted by molar-refractivity contribution is -0.118. The van der Waals surface area contributed by atoms with E-state index in [2.05, 4.69) is 6.07 Å². The molecule has 1 amide bonds. The van der Waals surface area contributed by atoms with Gasteiger partial charge in [0.25, 0.3) is 0 Å². The first-order valence-corrected chi connectivity index (χ1v) is 6.42. The van der Waals surface area contributed by atoms with Gasteiger partial charge in [-0.3, -0.25) is 4.79 Å². The molecule has 0 radical (unpaired) electrons. The SMILES string of the molecule is NC(=O)CCC1CC1c1cccc2c1OCCO2. The molecule has 1 aliphatic carbocycles. The molecule has 2 aliphatic rings. The summed E-state index contributed by atoms with van der Waals surface area (Å²) < 4.78 is 11.3. The van der Waals surface area contributed by atoms with Crippen molar-refractivity contribution in [2.45, 2.75) is 25.2 Å². The Morgan fingerprint density at radius 3 is 3.00 bits per heavy atom. The highest BCUT2D eigenvalue weighted by Gasteiger charge is 2.40. The van der Waals surface area contributed by atoms with Crippen LogP contribution in [0.4, 0.5) is 0 Å². The highest BCUT2D eigenvalue weighted by atomic mass is 16.6. The molecule has 1 aromatic rings. The minimum atomic E-state index is -0.213. The molecule has 1 aromatic carbocycles. The number of carbonyl (C=O) groups excluding carboxylic acids is 1. The molecule has 1 saturated carbocycles. The number of nitrogens with two attached hydrogens (primary N) is 1. The first-order chi connectivity index (χ1) is 8.75. The number of benzene rings is 1. The van der Waals surface area contributed by atoms with E-state index in [1.165, 1.54) is 5.56 Å². The molecule has 0 spiro atoms. The van der Waals surface area contributed by atoms with E-state index in [9.17, 15) is 4.79 Å². The molecule has 2 atom stereocenters. The zero-order valence-corrected chi connectivity index (χ0v) is 10.2. The quantitative estimate of drug-likeness (QED) is 0.882. The van der Waals surface area contributed by atoms with E-state index in [0.717, 1.165) is 24.3 Å². The zero-order chi connectivity index (χ0) is 12.5. The molecule has 1 aliphatic heterocycles. The van der Waals surface area contributed by atoms with Gasteiger partial charge < -0.3 is 15.2 Å². The predicted molar refractivity (Wildman–Crippen MR) is 66.7 cm³/mol. The standard InChI is InChI=1S/C14H17NO3/c15-13(16)5-4-9-8-11(9)10-2-1-3-12-14(10)18-7-6-17-12/h1-3,9,11H,4-8H2,(H2,15,16). The molecule has 4 heteroatoms. The van der Waals surface area contributed by atoms with Gasteiger partial charge in [0.15, 0.2) is 11.5 Å². The van der Waals surface area contributed by atoms with Crippen LogP contribution in [0.1, 0.15) is 30.7 Å². The molecule has 1 heterocycles. The van der Waals surface area contributed by atoms with Gasteiger partial charge in [-0.2, -0.15) is 0 Å². The molecule has 2 unspecified atom stereocenters. The monoisotopic (exact) mass is 247 g/mol. The molecule has 4 nitrogen and oxygen atoms in total. The lowest BCUT2D eigenvalue weighted by Crippen LogP contribution is -2.16. The Morgan fingerprint density at radius 2 is 2.17 bits per heavy atom. The topological polar surface area (TPSA) is 61.6 Å². The lowest BCUT2D eigenvalue weighted by Gasteiger charge is -2.21. The Bertz CT molecular complexity index is 472.